The summed E-state index contributed by atoms with van der Waals surface area (Å²) in [6.07, 6.45) is -3.00. The minimum Gasteiger partial charge on any atom is -0.455 e. The van der Waals surface area contributed by atoms with E-state index < -0.39 is 18.5 Å². The molecule has 1 atom stereocenters. The molecule has 33 heavy (non-hydrogen) atoms. The fourth-order valence-electron chi connectivity index (χ4n) is 3.41. The molecular weight excluding hydrogens is 439 g/mol. The van der Waals surface area contributed by atoms with Gasteiger partial charge in [0.2, 0.25) is 0 Å². The summed E-state index contributed by atoms with van der Waals surface area (Å²) in [5, 5.41) is 6.33. The molecule has 1 N–H and O–H groups in total. The maximum Gasteiger partial charge on any atom is 0.319 e. The van der Waals surface area contributed by atoms with Gasteiger partial charge in [0.1, 0.15) is 12.0 Å². The summed E-state index contributed by atoms with van der Waals surface area (Å²) >= 11 is 0. The van der Waals surface area contributed by atoms with Crippen molar-refractivity contribution in [1.82, 2.24) is 20.4 Å². The van der Waals surface area contributed by atoms with E-state index in [1.807, 2.05) is 4.90 Å². The minimum atomic E-state index is -2.58. The molecule has 1 saturated heterocycles. The number of halogens is 3. The van der Waals surface area contributed by atoms with Gasteiger partial charge in [-0.25, -0.2) is 18.2 Å². The van der Waals surface area contributed by atoms with Gasteiger partial charge in [0.15, 0.2) is 18.1 Å². The third-order valence-electron chi connectivity index (χ3n) is 5.07. The minimum absolute atomic E-state index is 0.0236. The number of carbonyl (C=O) groups is 1. The van der Waals surface area contributed by atoms with E-state index in [1.165, 1.54) is 24.3 Å². The fourth-order valence-corrected chi connectivity index (χ4v) is 3.41. The average molecular weight is 461 g/mol. The van der Waals surface area contributed by atoms with E-state index in [0.717, 1.165) is 0 Å². The molecule has 4 rings (SSSR count). The Hall–Kier alpha value is -3.63. The van der Waals surface area contributed by atoms with Gasteiger partial charge >= 0.3 is 6.01 Å². The second kappa shape index (κ2) is 9.88. The van der Waals surface area contributed by atoms with Gasteiger partial charge in [-0.2, -0.15) is 4.98 Å². The zero-order chi connectivity index (χ0) is 23.4. The first-order chi connectivity index (χ1) is 15.9. The Kier molecular flexibility index (Phi) is 6.76. The number of aromatic nitrogens is 3. The van der Waals surface area contributed by atoms with Crippen molar-refractivity contribution in [3.05, 3.63) is 64.7 Å². The number of ether oxygens (including phenoxy) is 1. The van der Waals surface area contributed by atoms with E-state index in [9.17, 15) is 18.0 Å². The number of rotatable bonds is 8. The van der Waals surface area contributed by atoms with Crippen molar-refractivity contribution in [3.8, 4) is 6.01 Å². The number of nitrogens with zero attached hydrogens (tertiary/aromatic N) is 4. The van der Waals surface area contributed by atoms with Crippen LogP contribution in [0.15, 0.2) is 40.9 Å². The summed E-state index contributed by atoms with van der Waals surface area (Å²) in [6.45, 7) is 2.64. The normalized spacial score (nSPS) is 15.8. The van der Waals surface area contributed by atoms with Crippen LogP contribution in [0.4, 0.5) is 19.0 Å². The average Bonchev–Trinajstić information content (AvgIpc) is 3.45. The highest BCUT2D eigenvalue weighted by Crippen LogP contribution is 2.23. The number of hydrogen-bond donors (Lipinski definition) is 1. The standard InChI is InChI=1S/C22H22F3N5O3/c1-13-7-19(30-6-5-16(23)11-30)28-22(27-13)32-12-17-9-18(29-33-17)21(31)26-10-14-3-2-4-15(8-14)20(24)25/h2-4,7-9,16,20H,5-6,10-12H2,1H3,(H,26,31)/t16-/m1/s1. The predicted molar refractivity (Wildman–Crippen MR) is 112 cm³/mol. The molecule has 0 aliphatic carbocycles. The number of nitrogens with one attached hydrogen (secondary N) is 1. The second-order valence-electron chi connectivity index (χ2n) is 7.68. The molecule has 0 radical (unpaired) electrons. The molecule has 0 saturated carbocycles. The highest BCUT2D eigenvalue weighted by molar-refractivity contribution is 5.92. The Bertz CT molecular complexity index is 1120. The lowest BCUT2D eigenvalue weighted by molar-refractivity contribution is 0.0941. The van der Waals surface area contributed by atoms with E-state index in [2.05, 4.69) is 20.4 Å². The highest BCUT2D eigenvalue weighted by Gasteiger charge is 2.24. The summed E-state index contributed by atoms with van der Waals surface area (Å²) in [4.78, 5) is 22.7. The van der Waals surface area contributed by atoms with E-state index in [0.29, 0.717) is 30.0 Å². The third kappa shape index (κ3) is 5.79. The summed E-state index contributed by atoms with van der Waals surface area (Å²) in [5.74, 6) is 0.346. The third-order valence-corrected chi connectivity index (χ3v) is 5.07. The van der Waals surface area contributed by atoms with Crippen LogP contribution < -0.4 is 15.0 Å². The number of anilines is 1. The number of aryl methyl sites for hydroxylation is 1. The van der Waals surface area contributed by atoms with Gasteiger partial charge in [0.25, 0.3) is 12.3 Å². The first-order valence-electron chi connectivity index (χ1n) is 10.4. The van der Waals surface area contributed by atoms with Crippen LogP contribution >= 0.6 is 0 Å². The quantitative estimate of drug-likeness (QED) is 0.546. The Morgan fingerprint density at radius 3 is 2.91 bits per heavy atom. The van der Waals surface area contributed by atoms with Crippen molar-refractivity contribution < 1.29 is 27.2 Å². The SMILES string of the molecule is Cc1cc(N2CC[C@@H](F)C2)nc(OCc2cc(C(=O)NCc3cccc(C(F)F)c3)no2)n1. The number of carbonyl (C=O) groups excluding carboxylic acids is 1. The maximum atomic E-state index is 13.5. The largest absolute Gasteiger partial charge is 0.455 e. The van der Waals surface area contributed by atoms with Crippen molar-refractivity contribution in [2.45, 2.75) is 39.1 Å². The lowest BCUT2D eigenvalue weighted by Gasteiger charge is -2.17. The van der Waals surface area contributed by atoms with Crippen molar-refractivity contribution >= 4 is 11.7 Å². The zero-order valence-electron chi connectivity index (χ0n) is 17.8. The summed E-state index contributed by atoms with van der Waals surface area (Å²) in [5.41, 5.74) is 1.12. The van der Waals surface area contributed by atoms with Crippen LogP contribution in [0.2, 0.25) is 0 Å². The summed E-state index contributed by atoms with van der Waals surface area (Å²) < 4.78 is 49.8. The molecule has 1 fully saturated rings. The molecule has 0 spiro atoms. The zero-order valence-corrected chi connectivity index (χ0v) is 17.8. The Morgan fingerprint density at radius 1 is 1.30 bits per heavy atom. The summed E-state index contributed by atoms with van der Waals surface area (Å²) in [6, 6.07) is 9.08. The molecule has 1 aliphatic heterocycles. The second-order valence-corrected chi connectivity index (χ2v) is 7.68. The van der Waals surface area contributed by atoms with Crippen LogP contribution in [-0.2, 0) is 13.2 Å². The van der Waals surface area contributed by atoms with Gasteiger partial charge in [-0.05, 0) is 25.0 Å². The molecule has 174 valence electrons. The molecule has 3 heterocycles. The van der Waals surface area contributed by atoms with Crippen LogP contribution in [0.1, 0.15) is 45.9 Å². The van der Waals surface area contributed by atoms with Gasteiger partial charge in [-0.15, -0.1) is 0 Å². The number of hydrogen-bond acceptors (Lipinski definition) is 7. The maximum absolute atomic E-state index is 13.5. The molecule has 1 aromatic carbocycles. The lowest BCUT2D eigenvalue weighted by atomic mass is 10.1. The van der Waals surface area contributed by atoms with Crippen molar-refractivity contribution in [1.29, 1.82) is 0 Å². The first kappa shape index (κ1) is 22.6. The van der Waals surface area contributed by atoms with E-state index >= 15 is 0 Å². The van der Waals surface area contributed by atoms with Gasteiger partial charge in [0.05, 0.1) is 6.54 Å². The molecule has 8 nitrogen and oxygen atoms in total. The fraction of sp³-hybridized carbons (Fsp3) is 0.364. The topological polar surface area (TPSA) is 93.4 Å². The Balaban J connectivity index is 1.33. The van der Waals surface area contributed by atoms with Crippen LogP contribution in [0.5, 0.6) is 6.01 Å². The Morgan fingerprint density at radius 2 is 2.15 bits per heavy atom. The van der Waals surface area contributed by atoms with Crippen molar-refractivity contribution in [2.75, 3.05) is 18.0 Å². The van der Waals surface area contributed by atoms with Gasteiger partial charge in [-0.1, -0.05) is 23.4 Å². The molecule has 11 heteroatoms. The molecule has 2 aromatic heterocycles. The van der Waals surface area contributed by atoms with Crippen LogP contribution in [-0.4, -0.2) is 40.3 Å². The number of benzene rings is 1. The number of amides is 1. The molecule has 3 aromatic rings. The summed E-state index contributed by atoms with van der Waals surface area (Å²) in [7, 11) is 0. The van der Waals surface area contributed by atoms with E-state index in [4.69, 9.17) is 9.26 Å². The Labute approximate surface area is 187 Å². The van der Waals surface area contributed by atoms with E-state index in [1.54, 1.807) is 19.1 Å². The van der Waals surface area contributed by atoms with Crippen LogP contribution in [0, 0.1) is 6.92 Å². The molecule has 1 aliphatic rings. The molecule has 1 amide bonds. The van der Waals surface area contributed by atoms with Crippen molar-refractivity contribution in [2.24, 2.45) is 0 Å². The van der Waals surface area contributed by atoms with Crippen molar-refractivity contribution in [3.63, 3.8) is 0 Å². The van der Waals surface area contributed by atoms with Crippen LogP contribution in [0.25, 0.3) is 0 Å². The van der Waals surface area contributed by atoms with Gasteiger partial charge in [-0.3, -0.25) is 4.79 Å². The van der Waals surface area contributed by atoms with Gasteiger partial charge in [0, 0.05) is 36.5 Å². The molecule has 0 unspecified atom stereocenters. The monoisotopic (exact) mass is 461 g/mol. The van der Waals surface area contributed by atoms with Gasteiger partial charge < -0.3 is 19.5 Å². The lowest BCUT2D eigenvalue weighted by Crippen LogP contribution is -2.23. The smallest absolute Gasteiger partial charge is 0.319 e. The molecule has 0 bridgehead atoms. The number of alkyl halides is 3. The first-order valence-corrected chi connectivity index (χ1v) is 10.4. The van der Waals surface area contributed by atoms with E-state index in [-0.39, 0.29) is 42.7 Å². The predicted octanol–water partition coefficient (Wildman–Crippen LogP) is 3.77. The highest BCUT2D eigenvalue weighted by atomic mass is 19.3. The van der Waals surface area contributed by atoms with Crippen LogP contribution in [0.3, 0.4) is 0 Å². The molecular formula is C22H22F3N5O3.